The fourth-order valence-electron chi connectivity index (χ4n) is 2.41. The van der Waals surface area contributed by atoms with Crippen LogP contribution in [-0.4, -0.2) is 36.2 Å². The summed E-state index contributed by atoms with van der Waals surface area (Å²) >= 11 is 6.19. The van der Waals surface area contributed by atoms with Crippen LogP contribution in [0.25, 0.3) is 0 Å². The average molecular weight is 271 g/mol. The van der Waals surface area contributed by atoms with Crippen molar-refractivity contribution < 1.29 is 4.74 Å². The first-order valence-corrected chi connectivity index (χ1v) is 6.67. The highest BCUT2D eigenvalue weighted by atomic mass is 35.5. The van der Waals surface area contributed by atoms with Gasteiger partial charge in [-0.05, 0) is 32.2 Å². The molecule has 0 saturated carbocycles. The Morgan fingerprint density at radius 3 is 3.17 bits per heavy atom. The largest absolute Gasteiger partial charge is 0.467 e. The van der Waals surface area contributed by atoms with Crippen LogP contribution in [0.2, 0.25) is 5.02 Å². The maximum Gasteiger partial charge on any atom is 0.318 e. The molecule has 100 valence electrons. The molecule has 6 heteroatoms. The first-order valence-electron chi connectivity index (χ1n) is 6.29. The number of rotatable bonds is 5. The summed E-state index contributed by atoms with van der Waals surface area (Å²) in [7, 11) is 1.56. The van der Waals surface area contributed by atoms with Gasteiger partial charge in [0.2, 0.25) is 0 Å². The van der Waals surface area contributed by atoms with E-state index in [1.54, 1.807) is 13.3 Å². The minimum atomic E-state index is 0.360. The van der Waals surface area contributed by atoms with Crippen LogP contribution in [0, 0.1) is 0 Å². The van der Waals surface area contributed by atoms with Gasteiger partial charge in [-0.1, -0.05) is 11.6 Å². The first-order chi connectivity index (χ1) is 8.76. The lowest BCUT2D eigenvalue weighted by Gasteiger charge is -2.26. The van der Waals surface area contributed by atoms with E-state index in [1.165, 1.54) is 6.42 Å². The lowest BCUT2D eigenvalue weighted by Crippen LogP contribution is -2.30. The predicted molar refractivity (Wildman–Crippen MR) is 72.3 cm³/mol. The van der Waals surface area contributed by atoms with Crippen molar-refractivity contribution in [3.8, 4) is 6.01 Å². The van der Waals surface area contributed by atoms with E-state index in [-0.39, 0.29) is 0 Å². The smallest absolute Gasteiger partial charge is 0.318 e. The molecule has 1 fully saturated rings. The van der Waals surface area contributed by atoms with Gasteiger partial charge in [0.1, 0.15) is 5.02 Å². The van der Waals surface area contributed by atoms with Crippen molar-refractivity contribution in [3.05, 3.63) is 11.2 Å². The SMILES string of the molecule is COc1ncc(Cl)c(N2CCCC2CCCN)n1. The number of methoxy groups -OCH3 is 1. The number of halogens is 1. The van der Waals surface area contributed by atoms with Crippen molar-refractivity contribution in [2.75, 3.05) is 25.1 Å². The van der Waals surface area contributed by atoms with Gasteiger partial charge in [0.25, 0.3) is 0 Å². The molecular formula is C12H19ClN4O. The quantitative estimate of drug-likeness (QED) is 0.885. The minimum absolute atomic E-state index is 0.360. The average Bonchev–Trinajstić information content (AvgIpc) is 2.85. The van der Waals surface area contributed by atoms with Crippen LogP contribution in [0.1, 0.15) is 25.7 Å². The minimum Gasteiger partial charge on any atom is -0.467 e. The van der Waals surface area contributed by atoms with Crippen LogP contribution in [0.15, 0.2) is 6.20 Å². The van der Waals surface area contributed by atoms with Gasteiger partial charge in [0.15, 0.2) is 5.82 Å². The number of nitrogens with two attached hydrogens (primary N) is 1. The fraction of sp³-hybridized carbons (Fsp3) is 0.667. The molecule has 1 saturated heterocycles. The monoisotopic (exact) mass is 270 g/mol. The van der Waals surface area contributed by atoms with Gasteiger partial charge in [0, 0.05) is 12.6 Å². The first kappa shape index (κ1) is 13.4. The predicted octanol–water partition coefficient (Wildman–Crippen LogP) is 1.85. The molecule has 18 heavy (non-hydrogen) atoms. The Bertz CT molecular complexity index is 402. The van der Waals surface area contributed by atoms with Gasteiger partial charge in [-0.25, -0.2) is 4.98 Å². The second kappa shape index (κ2) is 6.20. The number of anilines is 1. The van der Waals surface area contributed by atoms with E-state index in [4.69, 9.17) is 22.1 Å². The van der Waals surface area contributed by atoms with Gasteiger partial charge in [0.05, 0.1) is 13.3 Å². The van der Waals surface area contributed by atoms with Crippen LogP contribution >= 0.6 is 11.6 Å². The lowest BCUT2D eigenvalue weighted by molar-refractivity contribution is 0.379. The molecule has 1 aliphatic heterocycles. The van der Waals surface area contributed by atoms with Crippen molar-refractivity contribution in [1.82, 2.24) is 9.97 Å². The van der Waals surface area contributed by atoms with Gasteiger partial charge in [-0.15, -0.1) is 0 Å². The number of nitrogens with zero attached hydrogens (tertiary/aromatic N) is 3. The molecular weight excluding hydrogens is 252 g/mol. The summed E-state index contributed by atoms with van der Waals surface area (Å²) in [6.07, 6.45) is 6.04. The molecule has 0 amide bonds. The second-order valence-electron chi connectivity index (χ2n) is 4.45. The Morgan fingerprint density at radius 2 is 2.44 bits per heavy atom. The van der Waals surface area contributed by atoms with E-state index in [1.807, 2.05) is 0 Å². The fourth-order valence-corrected chi connectivity index (χ4v) is 2.61. The van der Waals surface area contributed by atoms with Crippen molar-refractivity contribution in [2.45, 2.75) is 31.7 Å². The van der Waals surface area contributed by atoms with Crippen molar-refractivity contribution in [1.29, 1.82) is 0 Å². The van der Waals surface area contributed by atoms with E-state index >= 15 is 0 Å². The van der Waals surface area contributed by atoms with E-state index in [0.717, 1.165) is 38.2 Å². The molecule has 0 aromatic carbocycles. The highest BCUT2D eigenvalue weighted by Gasteiger charge is 2.27. The number of hydrogen-bond donors (Lipinski definition) is 1. The molecule has 1 unspecified atom stereocenters. The van der Waals surface area contributed by atoms with Crippen LogP contribution < -0.4 is 15.4 Å². The molecule has 0 spiro atoms. The van der Waals surface area contributed by atoms with Crippen LogP contribution in [-0.2, 0) is 0 Å². The number of hydrogen-bond acceptors (Lipinski definition) is 5. The van der Waals surface area contributed by atoms with Gasteiger partial charge in [-0.3, -0.25) is 0 Å². The Kier molecular flexibility index (Phi) is 4.60. The molecule has 1 aromatic heterocycles. The summed E-state index contributed by atoms with van der Waals surface area (Å²) < 4.78 is 5.06. The molecule has 0 radical (unpaired) electrons. The third-order valence-corrected chi connectivity index (χ3v) is 3.54. The second-order valence-corrected chi connectivity index (χ2v) is 4.86. The molecule has 1 aliphatic rings. The number of aromatic nitrogens is 2. The molecule has 5 nitrogen and oxygen atoms in total. The topological polar surface area (TPSA) is 64.3 Å². The molecule has 1 aromatic rings. The van der Waals surface area contributed by atoms with Gasteiger partial charge in [-0.2, -0.15) is 4.98 Å². The summed E-state index contributed by atoms with van der Waals surface area (Å²) in [5, 5.41) is 0.579. The lowest BCUT2D eigenvalue weighted by atomic mass is 10.1. The molecule has 2 rings (SSSR count). The Balaban J connectivity index is 2.18. The van der Waals surface area contributed by atoms with Gasteiger partial charge < -0.3 is 15.4 Å². The summed E-state index contributed by atoms with van der Waals surface area (Å²) in [5.41, 5.74) is 5.58. The molecule has 2 N–H and O–H groups in total. The third kappa shape index (κ3) is 2.84. The maximum atomic E-state index is 6.19. The zero-order valence-corrected chi connectivity index (χ0v) is 11.4. The van der Waals surface area contributed by atoms with Gasteiger partial charge >= 0.3 is 6.01 Å². The Hall–Kier alpha value is -1.07. The van der Waals surface area contributed by atoms with E-state index < -0.39 is 0 Å². The molecule has 0 aliphatic carbocycles. The molecule has 1 atom stereocenters. The number of ether oxygens (including phenoxy) is 1. The summed E-state index contributed by atoms with van der Waals surface area (Å²) in [4.78, 5) is 10.6. The van der Waals surface area contributed by atoms with E-state index in [2.05, 4.69) is 14.9 Å². The van der Waals surface area contributed by atoms with Crippen molar-refractivity contribution in [2.24, 2.45) is 5.73 Å². The third-order valence-electron chi connectivity index (χ3n) is 3.28. The van der Waals surface area contributed by atoms with E-state index in [9.17, 15) is 0 Å². The zero-order chi connectivity index (χ0) is 13.0. The van der Waals surface area contributed by atoms with Crippen molar-refractivity contribution >= 4 is 17.4 Å². The van der Waals surface area contributed by atoms with Crippen LogP contribution in [0.5, 0.6) is 6.01 Å². The Morgan fingerprint density at radius 1 is 1.61 bits per heavy atom. The highest BCUT2D eigenvalue weighted by molar-refractivity contribution is 6.32. The molecule has 2 heterocycles. The molecule has 0 bridgehead atoms. The summed E-state index contributed by atoms with van der Waals surface area (Å²) in [5.74, 6) is 0.781. The van der Waals surface area contributed by atoms with E-state index in [0.29, 0.717) is 17.1 Å². The normalized spacial score (nSPS) is 19.3. The highest BCUT2D eigenvalue weighted by Crippen LogP contribution is 2.32. The standard InChI is InChI=1S/C12H19ClN4O/c1-18-12-15-8-10(13)11(16-12)17-7-3-5-9(17)4-2-6-14/h8-9H,2-7,14H2,1H3. The summed E-state index contributed by atoms with van der Waals surface area (Å²) in [6, 6.07) is 0.838. The zero-order valence-electron chi connectivity index (χ0n) is 10.6. The Labute approximate surface area is 112 Å². The van der Waals surface area contributed by atoms with Crippen molar-refractivity contribution in [3.63, 3.8) is 0 Å². The van der Waals surface area contributed by atoms with Crippen LogP contribution in [0.4, 0.5) is 5.82 Å². The van der Waals surface area contributed by atoms with Crippen LogP contribution in [0.3, 0.4) is 0 Å². The summed E-state index contributed by atoms with van der Waals surface area (Å²) in [6.45, 7) is 1.71. The maximum absolute atomic E-state index is 6.19.